The summed E-state index contributed by atoms with van der Waals surface area (Å²) in [5.41, 5.74) is 1.93. The second kappa shape index (κ2) is 4.24. The van der Waals surface area contributed by atoms with Gasteiger partial charge in [0.2, 0.25) is 5.91 Å². The van der Waals surface area contributed by atoms with Crippen LogP contribution in [0.5, 0.6) is 0 Å². The molecule has 1 aromatic carbocycles. The predicted octanol–water partition coefficient (Wildman–Crippen LogP) is 2.63. The van der Waals surface area contributed by atoms with E-state index >= 15 is 0 Å². The van der Waals surface area contributed by atoms with Crippen LogP contribution in [0.2, 0.25) is 0 Å². The second-order valence-corrected chi connectivity index (χ2v) is 5.37. The van der Waals surface area contributed by atoms with Crippen molar-refractivity contribution >= 4 is 16.8 Å². The lowest BCUT2D eigenvalue weighted by Crippen LogP contribution is -2.41. The van der Waals surface area contributed by atoms with Crippen LogP contribution in [0.15, 0.2) is 30.5 Å². The normalized spacial score (nSPS) is 11.7. The molecule has 1 aromatic heterocycles. The zero-order chi connectivity index (χ0) is 12.5. The van der Waals surface area contributed by atoms with Crippen LogP contribution in [0.25, 0.3) is 10.9 Å². The number of hydrogen-bond donors (Lipinski definition) is 2. The summed E-state index contributed by atoms with van der Waals surface area (Å²) in [7, 11) is 0. The maximum Gasteiger partial charge on any atom is 0.224 e. The molecule has 2 rings (SSSR count). The summed E-state index contributed by atoms with van der Waals surface area (Å²) in [6.45, 7) is 5.96. The lowest BCUT2D eigenvalue weighted by molar-refractivity contribution is -0.121. The van der Waals surface area contributed by atoms with Gasteiger partial charge < -0.3 is 10.3 Å². The van der Waals surface area contributed by atoms with E-state index in [0.29, 0.717) is 6.42 Å². The first kappa shape index (κ1) is 11.7. The van der Waals surface area contributed by atoms with Crippen molar-refractivity contribution < 1.29 is 4.79 Å². The molecule has 0 atom stereocenters. The van der Waals surface area contributed by atoms with E-state index in [1.165, 1.54) is 5.39 Å². The van der Waals surface area contributed by atoms with Crippen molar-refractivity contribution in [2.75, 3.05) is 0 Å². The Balaban J connectivity index is 2.10. The minimum Gasteiger partial charge on any atom is -0.361 e. The van der Waals surface area contributed by atoms with Crippen LogP contribution >= 0.6 is 0 Å². The average molecular weight is 230 g/mol. The predicted molar refractivity (Wildman–Crippen MR) is 69.9 cm³/mol. The Hall–Kier alpha value is -1.77. The summed E-state index contributed by atoms with van der Waals surface area (Å²) in [5, 5.41) is 4.13. The van der Waals surface area contributed by atoms with E-state index < -0.39 is 0 Å². The monoisotopic (exact) mass is 230 g/mol. The summed E-state index contributed by atoms with van der Waals surface area (Å²) in [5.74, 6) is 0.0587. The number of nitrogens with one attached hydrogen (secondary N) is 2. The SMILES string of the molecule is CC(C)(C)NC(=O)Cc1ccc2cc[nH]c2c1. The molecule has 1 amide bonds. The van der Waals surface area contributed by atoms with Crippen molar-refractivity contribution in [2.45, 2.75) is 32.7 Å². The van der Waals surface area contributed by atoms with Gasteiger partial charge in [-0.1, -0.05) is 12.1 Å². The van der Waals surface area contributed by atoms with Gasteiger partial charge in [-0.05, 0) is 43.9 Å². The van der Waals surface area contributed by atoms with Gasteiger partial charge in [0, 0.05) is 17.3 Å². The number of aromatic amines is 1. The molecule has 3 nitrogen and oxygen atoms in total. The van der Waals surface area contributed by atoms with E-state index in [1.807, 2.05) is 51.2 Å². The standard InChI is InChI=1S/C14H18N2O/c1-14(2,3)16-13(17)9-10-4-5-11-6-7-15-12(11)8-10/h4-8,15H,9H2,1-3H3,(H,16,17). The van der Waals surface area contributed by atoms with Crippen molar-refractivity contribution in [3.63, 3.8) is 0 Å². The first-order valence-corrected chi connectivity index (χ1v) is 5.81. The van der Waals surface area contributed by atoms with Crippen LogP contribution in [0.4, 0.5) is 0 Å². The molecular formula is C14H18N2O. The first-order valence-electron chi connectivity index (χ1n) is 5.81. The van der Waals surface area contributed by atoms with Gasteiger partial charge >= 0.3 is 0 Å². The Labute approximate surface area is 101 Å². The molecule has 90 valence electrons. The van der Waals surface area contributed by atoms with Gasteiger partial charge in [0.05, 0.1) is 6.42 Å². The molecule has 3 heteroatoms. The van der Waals surface area contributed by atoms with Crippen LogP contribution in [0.1, 0.15) is 26.3 Å². The summed E-state index contributed by atoms with van der Waals surface area (Å²) < 4.78 is 0. The topological polar surface area (TPSA) is 44.9 Å². The maximum atomic E-state index is 11.8. The van der Waals surface area contributed by atoms with Crippen LogP contribution in [0, 0.1) is 0 Å². The fraction of sp³-hybridized carbons (Fsp3) is 0.357. The molecule has 0 aliphatic rings. The number of fused-ring (bicyclic) bond motifs is 1. The number of amides is 1. The second-order valence-electron chi connectivity index (χ2n) is 5.37. The highest BCUT2D eigenvalue weighted by molar-refractivity contribution is 5.83. The highest BCUT2D eigenvalue weighted by atomic mass is 16.1. The zero-order valence-corrected chi connectivity index (χ0v) is 10.5. The molecule has 0 spiro atoms. The lowest BCUT2D eigenvalue weighted by Gasteiger charge is -2.20. The Morgan fingerprint density at radius 3 is 2.76 bits per heavy atom. The molecule has 0 bridgehead atoms. The van der Waals surface area contributed by atoms with Gasteiger partial charge in [-0.15, -0.1) is 0 Å². The summed E-state index contributed by atoms with van der Waals surface area (Å²) in [6, 6.07) is 8.08. The van der Waals surface area contributed by atoms with Crippen LogP contribution in [-0.4, -0.2) is 16.4 Å². The first-order chi connectivity index (χ1) is 7.94. The molecule has 0 saturated carbocycles. The van der Waals surface area contributed by atoms with Gasteiger partial charge in [-0.3, -0.25) is 4.79 Å². The molecule has 1 heterocycles. The molecule has 0 aliphatic carbocycles. The van der Waals surface area contributed by atoms with Crippen molar-refractivity contribution in [3.05, 3.63) is 36.0 Å². The number of H-pyrrole nitrogens is 1. The Morgan fingerprint density at radius 1 is 1.29 bits per heavy atom. The van der Waals surface area contributed by atoms with Crippen LogP contribution in [0.3, 0.4) is 0 Å². The number of benzene rings is 1. The number of rotatable bonds is 2. The molecular weight excluding hydrogens is 212 g/mol. The van der Waals surface area contributed by atoms with Crippen LogP contribution in [-0.2, 0) is 11.2 Å². The molecule has 0 radical (unpaired) electrons. The third-order valence-electron chi connectivity index (χ3n) is 2.50. The Bertz CT molecular complexity index is 534. The van der Waals surface area contributed by atoms with Crippen molar-refractivity contribution in [1.29, 1.82) is 0 Å². The number of aromatic nitrogens is 1. The average Bonchev–Trinajstić information content (AvgIpc) is 2.61. The minimum atomic E-state index is -0.173. The molecule has 0 saturated heterocycles. The van der Waals surface area contributed by atoms with E-state index in [2.05, 4.69) is 10.3 Å². The zero-order valence-electron chi connectivity index (χ0n) is 10.5. The van der Waals surface area contributed by atoms with E-state index in [1.54, 1.807) is 0 Å². The molecule has 2 aromatic rings. The Morgan fingerprint density at radius 2 is 2.06 bits per heavy atom. The highest BCUT2D eigenvalue weighted by Gasteiger charge is 2.13. The summed E-state index contributed by atoms with van der Waals surface area (Å²) in [4.78, 5) is 14.9. The molecule has 17 heavy (non-hydrogen) atoms. The highest BCUT2D eigenvalue weighted by Crippen LogP contribution is 2.14. The van der Waals surface area contributed by atoms with E-state index in [0.717, 1.165) is 11.1 Å². The van der Waals surface area contributed by atoms with E-state index in [4.69, 9.17) is 0 Å². The number of carbonyl (C=O) groups is 1. The number of hydrogen-bond acceptors (Lipinski definition) is 1. The lowest BCUT2D eigenvalue weighted by atomic mass is 10.1. The minimum absolute atomic E-state index is 0.0587. The maximum absolute atomic E-state index is 11.8. The molecule has 2 N–H and O–H groups in total. The van der Waals surface area contributed by atoms with Crippen molar-refractivity contribution in [2.24, 2.45) is 0 Å². The fourth-order valence-corrected chi connectivity index (χ4v) is 1.85. The smallest absolute Gasteiger partial charge is 0.224 e. The summed E-state index contributed by atoms with van der Waals surface area (Å²) >= 11 is 0. The van der Waals surface area contributed by atoms with Crippen LogP contribution < -0.4 is 5.32 Å². The molecule has 0 fully saturated rings. The van der Waals surface area contributed by atoms with Crippen molar-refractivity contribution in [3.8, 4) is 0 Å². The van der Waals surface area contributed by atoms with Gasteiger partial charge in [-0.2, -0.15) is 0 Å². The van der Waals surface area contributed by atoms with Crippen molar-refractivity contribution in [1.82, 2.24) is 10.3 Å². The van der Waals surface area contributed by atoms with E-state index in [9.17, 15) is 4.79 Å². The third-order valence-corrected chi connectivity index (χ3v) is 2.50. The van der Waals surface area contributed by atoms with Gasteiger partial charge in [0.15, 0.2) is 0 Å². The van der Waals surface area contributed by atoms with Gasteiger partial charge in [0.25, 0.3) is 0 Å². The Kier molecular flexibility index (Phi) is 2.92. The number of carbonyl (C=O) groups excluding carboxylic acids is 1. The quantitative estimate of drug-likeness (QED) is 0.818. The van der Waals surface area contributed by atoms with Gasteiger partial charge in [0.1, 0.15) is 0 Å². The largest absolute Gasteiger partial charge is 0.361 e. The molecule has 0 aliphatic heterocycles. The van der Waals surface area contributed by atoms with E-state index in [-0.39, 0.29) is 11.4 Å². The molecule has 0 unspecified atom stereocenters. The summed E-state index contributed by atoms with van der Waals surface area (Å²) in [6.07, 6.45) is 2.33. The fourth-order valence-electron chi connectivity index (χ4n) is 1.85. The van der Waals surface area contributed by atoms with Gasteiger partial charge in [-0.25, -0.2) is 0 Å². The third kappa shape index (κ3) is 3.09.